The molecule has 0 radical (unpaired) electrons. The lowest BCUT2D eigenvalue weighted by Gasteiger charge is -2.10. The summed E-state index contributed by atoms with van der Waals surface area (Å²) in [6.45, 7) is 0.605. The van der Waals surface area contributed by atoms with Crippen LogP contribution in [0.15, 0.2) is 42.5 Å². The second kappa shape index (κ2) is 6.48. The van der Waals surface area contributed by atoms with E-state index in [0.29, 0.717) is 30.2 Å². The van der Waals surface area contributed by atoms with Crippen LogP contribution in [0.1, 0.15) is 22.3 Å². The predicted octanol–water partition coefficient (Wildman–Crippen LogP) is 2.48. The number of fused-ring (bicyclic) bond motifs is 1. The van der Waals surface area contributed by atoms with Gasteiger partial charge in [-0.05, 0) is 35.9 Å². The summed E-state index contributed by atoms with van der Waals surface area (Å²) >= 11 is 0. The van der Waals surface area contributed by atoms with E-state index in [9.17, 15) is 14.0 Å². The zero-order valence-electron chi connectivity index (χ0n) is 12.3. The second-order valence-corrected chi connectivity index (χ2v) is 5.17. The summed E-state index contributed by atoms with van der Waals surface area (Å²) in [6.07, 6.45) is 0.279. The minimum absolute atomic E-state index is 0.146. The topological polar surface area (TPSA) is 67.4 Å². The van der Waals surface area contributed by atoms with E-state index in [1.807, 2.05) is 0 Å². The molecule has 0 fully saturated rings. The van der Waals surface area contributed by atoms with Gasteiger partial charge in [-0.25, -0.2) is 4.39 Å². The Morgan fingerprint density at radius 3 is 2.78 bits per heavy atom. The molecule has 0 saturated heterocycles. The molecule has 1 aliphatic heterocycles. The summed E-state index contributed by atoms with van der Waals surface area (Å²) in [5.74, 6) is -0.198. The first-order valence-corrected chi connectivity index (χ1v) is 7.21. The molecule has 2 amide bonds. The van der Waals surface area contributed by atoms with Crippen LogP contribution in [0, 0.1) is 5.82 Å². The molecule has 2 aromatic carbocycles. The molecule has 1 heterocycles. The van der Waals surface area contributed by atoms with Gasteiger partial charge in [0, 0.05) is 12.1 Å². The zero-order valence-corrected chi connectivity index (χ0v) is 12.3. The maximum Gasteiger partial charge on any atom is 0.251 e. The number of amides is 2. The smallest absolute Gasteiger partial charge is 0.251 e. The molecule has 0 unspecified atom stereocenters. The molecular formula is C17H15FN2O3. The van der Waals surface area contributed by atoms with Gasteiger partial charge in [-0.2, -0.15) is 0 Å². The number of halogens is 1. The fourth-order valence-electron chi connectivity index (χ4n) is 2.25. The van der Waals surface area contributed by atoms with Crippen molar-refractivity contribution >= 4 is 17.5 Å². The van der Waals surface area contributed by atoms with Crippen molar-refractivity contribution in [2.45, 2.75) is 13.0 Å². The Hall–Kier alpha value is -2.89. The Bertz CT molecular complexity index is 744. The highest BCUT2D eigenvalue weighted by atomic mass is 19.1. The lowest BCUT2D eigenvalue weighted by atomic mass is 10.1. The van der Waals surface area contributed by atoms with E-state index in [-0.39, 0.29) is 24.1 Å². The summed E-state index contributed by atoms with van der Waals surface area (Å²) in [5, 5.41) is 5.47. The fourth-order valence-corrected chi connectivity index (χ4v) is 2.25. The van der Waals surface area contributed by atoms with Gasteiger partial charge >= 0.3 is 0 Å². The van der Waals surface area contributed by atoms with Crippen LogP contribution in [-0.4, -0.2) is 18.4 Å². The number of rotatable bonds is 3. The van der Waals surface area contributed by atoms with Crippen LogP contribution >= 0.6 is 0 Å². The molecule has 0 atom stereocenters. The van der Waals surface area contributed by atoms with E-state index in [2.05, 4.69) is 10.6 Å². The highest BCUT2D eigenvalue weighted by Gasteiger charge is 2.16. The standard InChI is InChI=1S/C17H15FN2O3/c18-13-4-1-11(2-5-13)10-19-17(22)12-3-6-15-14(9-12)20-16(21)7-8-23-15/h1-6,9H,7-8,10H2,(H,19,22)(H,20,21). The monoisotopic (exact) mass is 314 g/mol. The van der Waals surface area contributed by atoms with Crippen molar-refractivity contribution in [3.8, 4) is 5.75 Å². The van der Waals surface area contributed by atoms with E-state index in [0.717, 1.165) is 5.56 Å². The first kappa shape index (κ1) is 15.0. The SMILES string of the molecule is O=C1CCOc2ccc(C(=O)NCc3ccc(F)cc3)cc2N1. The van der Waals surface area contributed by atoms with E-state index < -0.39 is 0 Å². The Morgan fingerprint density at radius 1 is 1.22 bits per heavy atom. The molecule has 1 aliphatic rings. The Balaban J connectivity index is 1.70. The summed E-state index contributed by atoms with van der Waals surface area (Å²) in [6, 6.07) is 10.8. The van der Waals surface area contributed by atoms with E-state index >= 15 is 0 Å². The van der Waals surface area contributed by atoms with Crippen molar-refractivity contribution in [1.29, 1.82) is 0 Å². The third-order valence-electron chi connectivity index (χ3n) is 3.47. The van der Waals surface area contributed by atoms with E-state index in [1.165, 1.54) is 12.1 Å². The van der Waals surface area contributed by atoms with Crippen LogP contribution in [0.3, 0.4) is 0 Å². The van der Waals surface area contributed by atoms with Crippen molar-refractivity contribution in [3.63, 3.8) is 0 Å². The van der Waals surface area contributed by atoms with Gasteiger partial charge in [-0.3, -0.25) is 9.59 Å². The van der Waals surface area contributed by atoms with Gasteiger partial charge in [0.15, 0.2) is 0 Å². The number of ether oxygens (including phenoxy) is 1. The molecule has 0 aliphatic carbocycles. The van der Waals surface area contributed by atoms with Gasteiger partial charge in [0.2, 0.25) is 5.91 Å². The van der Waals surface area contributed by atoms with Gasteiger partial charge in [-0.1, -0.05) is 12.1 Å². The molecule has 0 saturated carbocycles. The number of nitrogens with one attached hydrogen (secondary N) is 2. The molecule has 0 aromatic heterocycles. The minimum Gasteiger partial charge on any atom is -0.491 e. The lowest BCUT2D eigenvalue weighted by Crippen LogP contribution is -2.23. The minimum atomic E-state index is -0.318. The quantitative estimate of drug-likeness (QED) is 0.914. The Labute approximate surface area is 132 Å². The average Bonchev–Trinajstić information content (AvgIpc) is 2.73. The second-order valence-electron chi connectivity index (χ2n) is 5.17. The molecule has 118 valence electrons. The maximum absolute atomic E-state index is 12.8. The first-order chi connectivity index (χ1) is 11.1. The first-order valence-electron chi connectivity index (χ1n) is 7.21. The van der Waals surface area contributed by atoms with E-state index in [4.69, 9.17) is 4.74 Å². The van der Waals surface area contributed by atoms with Gasteiger partial charge in [-0.15, -0.1) is 0 Å². The van der Waals surface area contributed by atoms with Crippen LogP contribution in [0.5, 0.6) is 5.75 Å². The molecule has 0 spiro atoms. The van der Waals surface area contributed by atoms with Crippen LogP contribution < -0.4 is 15.4 Å². The number of hydrogen-bond acceptors (Lipinski definition) is 3. The normalized spacial score (nSPS) is 13.3. The van der Waals surface area contributed by atoms with Crippen LogP contribution in [0.25, 0.3) is 0 Å². The van der Waals surface area contributed by atoms with Crippen LogP contribution in [0.4, 0.5) is 10.1 Å². The molecular weight excluding hydrogens is 299 g/mol. The largest absolute Gasteiger partial charge is 0.491 e. The average molecular weight is 314 g/mol. The van der Waals surface area contributed by atoms with E-state index in [1.54, 1.807) is 30.3 Å². The van der Waals surface area contributed by atoms with Crippen molar-refractivity contribution in [2.75, 3.05) is 11.9 Å². The molecule has 2 aromatic rings. The third-order valence-corrected chi connectivity index (χ3v) is 3.47. The number of hydrogen-bond donors (Lipinski definition) is 2. The van der Waals surface area contributed by atoms with Crippen molar-refractivity contribution in [1.82, 2.24) is 5.32 Å². The highest BCUT2D eigenvalue weighted by Crippen LogP contribution is 2.28. The maximum atomic E-state index is 12.8. The van der Waals surface area contributed by atoms with Crippen LogP contribution in [-0.2, 0) is 11.3 Å². The Morgan fingerprint density at radius 2 is 2.00 bits per heavy atom. The molecule has 3 rings (SSSR count). The number of carbonyl (C=O) groups excluding carboxylic acids is 2. The fraction of sp³-hybridized carbons (Fsp3) is 0.176. The summed E-state index contributed by atoms with van der Waals surface area (Å²) in [5.41, 5.74) is 1.70. The number of anilines is 1. The number of carbonyl (C=O) groups is 2. The number of benzene rings is 2. The zero-order chi connectivity index (χ0) is 16.2. The van der Waals surface area contributed by atoms with Gasteiger partial charge in [0.25, 0.3) is 5.91 Å². The predicted molar refractivity (Wildman–Crippen MR) is 82.8 cm³/mol. The van der Waals surface area contributed by atoms with Crippen molar-refractivity contribution < 1.29 is 18.7 Å². The van der Waals surface area contributed by atoms with Crippen LogP contribution in [0.2, 0.25) is 0 Å². The van der Waals surface area contributed by atoms with Gasteiger partial charge in [0.05, 0.1) is 18.7 Å². The molecule has 23 heavy (non-hydrogen) atoms. The summed E-state index contributed by atoms with van der Waals surface area (Å²) in [7, 11) is 0. The van der Waals surface area contributed by atoms with Gasteiger partial charge < -0.3 is 15.4 Å². The molecule has 2 N–H and O–H groups in total. The van der Waals surface area contributed by atoms with Crippen molar-refractivity contribution in [2.24, 2.45) is 0 Å². The lowest BCUT2D eigenvalue weighted by molar-refractivity contribution is -0.116. The highest BCUT2D eigenvalue weighted by molar-refractivity contribution is 5.98. The molecule has 5 nitrogen and oxygen atoms in total. The summed E-state index contributed by atoms with van der Waals surface area (Å²) < 4.78 is 18.3. The molecule has 6 heteroatoms. The summed E-state index contributed by atoms with van der Waals surface area (Å²) in [4.78, 5) is 23.7. The molecule has 0 bridgehead atoms. The third kappa shape index (κ3) is 3.66. The Kier molecular flexibility index (Phi) is 4.23. The van der Waals surface area contributed by atoms with Crippen molar-refractivity contribution in [3.05, 3.63) is 59.4 Å². The van der Waals surface area contributed by atoms with Gasteiger partial charge in [0.1, 0.15) is 11.6 Å².